The molecule has 2 heterocycles. The minimum Gasteiger partial charge on any atom is -0.465 e. The summed E-state index contributed by atoms with van der Waals surface area (Å²) >= 11 is 12.3. The smallest absolute Gasteiger partial charge is 0.340 e. The number of para-hydroxylation sites is 1. The van der Waals surface area contributed by atoms with Gasteiger partial charge >= 0.3 is 5.97 Å². The van der Waals surface area contributed by atoms with Crippen LogP contribution in [0.2, 0.25) is 10.0 Å². The molecule has 0 saturated heterocycles. The van der Waals surface area contributed by atoms with Crippen molar-refractivity contribution in [1.82, 2.24) is 4.57 Å². The Balaban J connectivity index is 1.87. The number of aryl methyl sites for hydroxylation is 1. The first kappa shape index (κ1) is 22.9. The van der Waals surface area contributed by atoms with E-state index in [0.29, 0.717) is 21.4 Å². The number of esters is 1. The van der Waals surface area contributed by atoms with Crippen molar-refractivity contribution in [3.05, 3.63) is 98.4 Å². The molecule has 0 bridgehead atoms. The zero-order valence-corrected chi connectivity index (χ0v) is 20.2. The summed E-state index contributed by atoms with van der Waals surface area (Å²) in [7, 11) is 1.30. The van der Waals surface area contributed by atoms with Crippen molar-refractivity contribution in [3.63, 3.8) is 0 Å². The van der Waals surface area contributed by atoms with Gasteiger partial charge in [-0.2, -0.15) is 0 Å². The molecule has 0 N–H and O–H groups in total. The minimum atomic E-state index is -0.584. The van der Waals surface area contributed by atoms with Gasteiger partial charge in [0.25, 0.3) is 5.91 Å². The average molecular weight is 481 g/mol. The van der Waals surface area contributed by atoms with Crippen LogP contribution in [0.1, 0.15) is 23.9 Å². The van der Waals surface area contributed by atoms with Crippen molar-refractivity contribution >= 4 is 46.8 Å². The van der Waals surface area contributed by atoms with Gasteiger partial charge < -0.3 is 9.30 Å². The normalized spacial score (nSPS) is 15.0. The van der Waals surface area contributed by atoms with Crippen molar-refractivity contribution in [2.24, 2.45) is 0 Å². The molecule has 0 fully saturated rings. The molecule has 7 heteroatoms. The summed E-state index contributed by atoms with van der Waals surface area (Å²) in [5, 5.41) is 0.781. The van der Waals surface area contributed by atoms with Gasteiger partial charge in [0, 0.05) is 32.8 Å². The van der Waals surface area contributed by atoms with E-state index in [1.165, 1.54) is 12.0 Å². The number of hydrogen-bond acceptors (Lipinski definition) is 3. The van der Waals surface area contributed by atoms with Crippen LogP contribution in [-0.2, 0) is 14.3 Å². The van der Waals surface area contributed by atoms with Crippen LogP contribution in [0.4, 0.5) is 5.69 Å². The second-order valence-corrected chi connectivity index (χ2v) is 8.65. The molecule has 5 nitrogen and oxygen atoms in total. The molecule has 1 aliphatic rings. The molecular weight excluding hydrogens is 459 g/mol. The highest BCUT2D eigenvalue weighted by molar-refractivity contribution is 6.35. The molecule has 33 heavy (non-hydrogen) atoms. The number of anilines is 1. The molecule has 168 valence electrons. The van der Waals surface area contributed by atoms with Gasteiger partial charge in [0.2, 0.25) is 0 Å². The molecule has 0 saturated carbocycles. The number of carbonyl (C=O) groups is 2. The highest BCUT2D eigenvalue weighted by Crippen LogP contribution is 2.38. The summed E-state index contributed by atoms with van der Waals surface area (Å²) in [6, 6.07) is 16.8. The quantitative estimate of drug-likeness (QED) is 0.326. The third-order valence-electron chi connectivity index (χ3n) is 5.68. The lowest BCUT2D eigenvalue weighted by molar-refractivity contribution is -0.136. The molecule has 4 rings (SSSR count). The number of benzene rings is 2. The number of allylic oxidation sites excluding steroid dienone is 1. The number of halogens is 2. The Labute approximate surface area is 202 Å². The van der Waals surface area contributed by atoms with Gasteiger partial charge in [0.05, 0.1) is 23.9 Å². The maximum absolute atomic E-state index is 13.6. The molecule has 1 aromatic heterocycles. The summed E-state index contributed by atoms with van der Waals surface area (Å²) in [5.74, 6) is -0.935. The van der Waals surface area contributed by atoms with E-state index < -0.39 is 5.97 Å². The zero-order valence-electron chi connectivity index (χ0n) is 18.6. The highest BCUT2D eigenvalue weighted by Gasteiger charge is 2.38. The van der Waals surface area contributed by atoms with Crippen molar-refractivity contribution in [3.8, 4) is 5.69 Å². The summed E-state index contributed by atoms with van der Waals surface area (Å²) < 4.78 is 7.11. The van der Waals surface area contributed by atoms with Crippen molar-refractivity contribution < 1.29 is 14.3 Å². The number of amides is 1. The summed E-state index contributed by atoms with van der Waals surface area (Å²) in [5.41, 5.74) is 5.21. The standard InChI is InChI=1S/C26H22Cl2N2O3/c1-15-10-18(16(2)29(15)21-8-6-5-7-9-21)11-23-24(26(32)33-4)17(3)30(25(23)31)22-13-19(27)12-20(28)14-22/h5-14H,1-4H3/b23-11-. The number of hydrogen-bond donors (Lipinski definition) is 0. The van der Waals surface area contributed by atoms with Crippen molar-refractivity contribution in [2.45, 2.75) is 20.8 Å². The molecule has 3 aromatic rings. The Morgan fingerprint density at radius 3 is 2.18 bits per heavy atom. The number of nitrogens with zero attached hydrogens (tertiary/aromatic N) is 2. The molecule has 2 aromatic carbocycles. The largest absolute Gasteiger partial charge is 0.465 e. The van der Waals surface area contributed by atoms with E-state index in [4.69, 9.17) is 27.9 Å². The van der Waals surface area contributed by atoms with Crippen LogP contribution in [0.5, 0.6) is 0 Å². The maximum atomic E-state index is 13.6. The van der Waals surface area contributed by atoms with E-state index in [9.17, 15) is 9.59 Å². The molecule has 0 atom stereocenters. The Kier molecular flexibility index (Phi) is 6.19. The predicted octanol–water partition coefficient (Wildman–Crippen LogP) is 6.28. The first-order chi connectivity index (χ1) is 15.7. The monoisotopic (exact) mass is 480 g/mol. The second kappa shape index (κ2) is 8.93. The Morgan fingerprint density at radius 1 is 0.939 bits per heavy atom. The maximum Gasteiger partial charge on any atom is 0.340 e. The van der Waals surface area contributed by atoms with Gasteiger partial charge in [0.1, 0.15) is 0 Å². The summed E-state index contributed by atoms with van der Waals surface area (Å²) in [4.78, 5) is 27.7. The Hall–Kier alpha value is -3.28. The topological polar surface area (TPSA) is 51.5 Å². The van der Waals surface area contributed by atoms with E-state index in [1.54, 1.807) is 31.2 Å². The fraction of sp³-hybridized carbons (Fsp3) is 0.154. The van der Waals surface area contributed by atoms with Gasteiger partial charge in [-0.3, -0.25) is 9.69 Å². The van der Waals surface area contributed by atoms with E-state index in [2.05, 4.69) is 4.57 Å². The van der Waals surface area contributed by atoms with Gasteiger partial charge in [-0.25, -0.2) is 4.79 Å². The average Bonchev–Trinajstić information content (AvgIpc) is 3.19. The van der Waals surface area contributed by atoms with E-state index in [0.717, 1.165) is 22.6 Å². The number of ether oxygens (including phenoxy) is 1. The zero-order chi connectivity index (χ0) is 23.9. The Morgan fingerprint density at radius 2 is 1.58 bits per heavy atom. The third-order valence-corrected chi connectivity index (χ3v) is 6.12. The van der Waals surface area contributed by atoms with E-state index in [1.807, 2.05) is 50.2 Å². The molecule has 0 unspecified atom stereocenters. The summed E-state index contributed by atoms with van der Waals surface area (Å²) in [6.45, 7) is 5.68. The first-order valence-corrected chi connectivity index (χ1v) is 11.0. The van der Waals surface area contributed by atoms with Crippen LogP contribution in [0.25, 0.3) is 11.8 Å². The second-order valence-electron chi connectivity index (χ2n) is 7.78. The number of carbonyl (C=O) groups excluding carboxylic acids is 2. The van der Waals surface area contributed by atoms with E-state index >= 15 is 0 Å². The fourth-order valence-electron chi connectivity index (χ4n) is 4.22. The van der Waals surface area contributed by atoms with Crippen LogP contribution in [0.3, 0.4) is 0 Å². The van der Waals surface area contributed by atoms with Gasteiger partial charge in [-0.05, 0) is 68.8 Å². The lowest BCUT2D eigenvalue weighted by Gasteiger charge is -2.18. The number of methoxy groups -OCH3 is 1. The van der Waals surface area contributed by atoms with Crippen LogP contribution in [-0.4, -0.2) is 23.6 Å². The third kappa shape index (κ3) is 4.10. The highest BCUT2D eigenvalue weighted by atomic mass is 35.5. The van der Waals surface area contributed by atoms with E-state index in [-0.39, 0.29) is 17.1 Å². The lowest BCUT2D eigenvalue weighted by Crippen LogP contribution is -2.24. The number of rotatable bonds is 4. The molecule has 0 radical (unpaired) electrons. The SMILES string of the molecule is COC(=O)C1=C(C)N(c2cc(Cl)cc(Cl)c2)C(=O)/C1=C\c1cc(C)n(-c2ccccc2)c1C. The lowest BCUT2D eigenvalue weighted by atomic mass is 10.0. The first-order valence-electron chi connectivity index (χ1n) is 10.3. The molecular formula is C26H22Cl2N2O3. The van der Waals surface area contributed by atoms with Crippen molar-refractivity contribution in [2.75, 3.05) is 12.0 Å². The minimum absolute atomic E-state index is 0.211. The molecule has 1 amide bonds. The Bertz CT molecular complexity index is 1320. The van der Waals surface area contributed by atoms with Crippen LogP contribution >= 0.6 is 23.2 Å². The van der Waals surface area contributed by atoms with Gasteiger partial charge in [0.15, 0.2) is 0 Å². The fourth-order valence-corrected chi connectivity index (χ4v) is 4.74. The molecule has 1 aliphatic heterocycles. The van der Waals surface area contributed by atoms with Gasteiger partial charge in [-0.1, -0.05) is 41.4 Å². The van der Waals surface area contributed by atoms with Crippen LogP contribution < -0.4 is 4.90 Å². The molecule has 0 spiro atoms. The summed E-state index contributed by atoms with van der Waals surface area (Å²) in [6.07, 6.45) is 1.74. The van der Waals surface area contributed by atoms with Crippen LogP contribution in [0.15, 0.2) is 71.4 Å². The van der Waals surface area contributed by atoms with Gasteiger partial charge in [-0.15, -0.1) is 0 Å². The van der Waals surface area contributed by atoms with Crippen molar-refractivity contribution in [1.29, 1.82) is 0 Å². The van der Waals surface area contributed by atoms with Crippen LogP contribution in [0, 0.1) is 13.8 Å². The predicted molar refractivity (Wildman–Crippen MR) is 132 cm³/mol. The molecule has 0 aliphatic carbocycles. The number of aromatic nitrogens is 1.